The zero-order chi connectivity index (χ0) is 14.5. The number of rotatable bonds is 5. The van der Waals surface area contributed by atoms with Crippen LogP contribution in [0.4, 0.5) is 0 Å². The number of nitrogens with zero attached hydrogens (tertiary/aromatic N) is 1. The first-order valence-electron chi connectivity index (χ1n) is 6.81. The second-order valence-corrected chi connectivity index (χ2v) is 4.94. The number of ether oxygens (including phenoxy) is 2. The zero-order valence-corrected chi connectivity index (χ0v) is 12.1. The number of hydrogen-bond donors (Lipinski definition) is 0. The topological polar surface area (TPSA) is 48.4 Å². The number of hydrogen-bond acceptors (Lipinski definition) is 4. The maximum atomic E-state index is 12.2. The molecular formula is C16H19NO3. The molecule has 2 rings (SSSR count). The van der Waals surface area contributed by atoms with Gasteiger partial charge < -0.3 is 9.47 Å². The first kappa shape index (κ1) is 14.3. The first-order valence-corrected chi connectivity index (χ1v) is 6.81. The molecule has 0 aliphatic rings. The fourth-order valence-electron chi connectivity index (χ4n) is 1.90. The molecule has 0 saturated carbocycles. The van der Waals surface area contributed by atoms with E-state index in [1.165, 1.54) is 0 Å². The lowest BCUT2D eigenvalue weighted by atomic mass is 10.1. The minimum absolute atomic E-state index is 0.325. The highest BCUT2D eigenvalue weighted by Gasteiger charge is 2.19. The molecule has 0 N–H and O–H groups in total. The lowest BCUT2D eigenvalue weighted by Gasteiger charge is -2.14. The largest absolute Gasteiger partial charge is 0.492 e. The Hall–Kier alpha value is -2.10. The summed E-state index contributed by atoms with van der Waals surface area (Å²) >= 11 is 0. The molecule has 0 radical (unpaired) electrons. The van der Waals surface area contributed by atoms with E-state index in [2.05, 4.69) is 18.8 Å². The third kappa shape index (κ3) is 3.07. The normalized spacial score (nSPS) is 10.8. The van der Waals surface area contributed by atoms with Crippen molar-refractivity contribution in [3.05, 3.63) is 36.0 Å². The van der Waals surface area contributed by atoms with E-state index in [1.54, 1.807) is 19.2 Å². The zero-order valence-electron chi connectivity index (χ0n) is 12.1. The number of aromatic nitrogens is 1. The van der Waals surface area contributed by atoms with Gasteiger partial charge in [0.05, 0.1) is 18.7 Å². The summed E-state index contributed by atoms with van der Waals surface area (Å²) in [5.74, 6) is 0.517. The van der Waals surface area contributed by atoms with Crippen LogP contribution in [0.5, 0.6) is 5.75 Å². The average Bonchev–Trinajstić information content (AvgIpc) is 2.44. The van der Waals surface area contributed by atoms with Crippen LogP contribution in [0, 0.1) is 5.92 Å². The SMILES string of the molecule is CCOC(=O)c1c(OCC(C)C)ccc2cccnc12. The maximum Gasteiger partial charge on any atom is 0.344 e. The van der Waals surface area contributed by atoms with Gasteiger partial charge >= 0.3 is 5.97 Å². The van der Waals surface area contributed by atoms with Gasteiger partial charge in [0.25, 0.3) is 0 Å². The molecule has 0 aliphatic heterocycles. The predicted molar refractivity (Wildman–Crippen MR) is 78.0 cm³/mol. The number of carbonyl (C=O) groups is 1. The van der Waals surface area contributed by atoms with E-state index >= 15 is 0 Å². The smallest absolute Gasteiger partial charge is 0.344 e. The lowest BCUT2D eigenvalue weighted by molar-refractivity contribution is 0.0523. The van der Waals surface area contributed by atoms with Crippen LogP contribution in [-0.4, -0.2) is 24.2 Å². The molecule has 1 aromatic carbocycles. The van der Waals surface area contributed by atoms with E-state index in [0.717, 1.165) is 5.39 Å². The van der Waals surface area contributed by atoms with Crippen LogP contribution in [0.2, 0.25) is 0 Å². The van der Waals surface area contributed by atoms with Crippen LogP contribution in [0.15, 0.2) is 30.5 Å². The quantitative estimate of drug-likeness (QED) is 0.783. The Balaban J connectivity index is 2.50. The number of fused-ring (bicyclic) bond motifs is 1. The van der Waals surface area contributed by atoms with Crippen molar-refractivity contribution in [1.29, 1.82) is 0 Å². The van der Waals surface area contributed by atoms with Gasteiger partial charge in [0, 0.05) is 11.6 Å². The average molecular weight is 273 g/mol. The van der Waals surface area contributed by atoms with Gasteiger partial charge in [-0.25, -0.2) is 4.79 Å². The van der Waals surface area contributed by atoms with Crippen LogP contribution in [0.25, 0.3) is 10.9 Å². The molecule has 0 spiro atoms. The molecule has 4 nitrogen and oxygen atoms in total. The van der Waals surface area contributed by atoms with Crippen molar-refractivity contribution in [2.45, 2.75) is 20.8 Å². The minimum atomic E-state index is -0.393. The summed E-state index contributed by atoms with van der Waals surface area (Å²) in [4.78, 5) is 16.5. The van der Waals surface area contributed by atoms with Gasteiger partial charge in [-0.2, -0.15) is 0 Å². The minimum Gasteiger partial charge on any atom is -0.492 e. The molecule has 1 aromatic heterocycles. The van der Waals surface area contributed by atoms with Crippen molar-refractivity contribution in [3.63, 3.8) is 0 Å². The van der Waals surface area contributed by atoms with Gasteiger partial charge in [-0.05, 0) is 31.0 Å². The van der Waals surface area contributed by atoms with Gasteiger partial charge in [0.2, 0.25) is 0 Å². The Morgan fingerprint density at radius 2 is 2.10 bits per heavy atom. The van der Waals surface area contributed by atoms with E-state index < -0.39 is 5.97 Å². The third-order valence-corrected chi connectivity index (χ3v) is 2.79. The standard InChI is InChI=1S/C16H19NO3/c1-4-19-16(18)14-13(20-10-11(2)3)8-7-12-6-5-9-17-15(12)14/h5-9,11H,4,10H2,1-3H3. The maximum absolute atomic E-state index is 12.2. The third-order valence-electron chi connectivity index (χ3n) is 2.79. The fourth-order valence-corrected chi connectivity index (χ4v) is 1.90. The Labute approximate surface area is 118 Å². The van der Waals surface area contributed by atoms with E-state index in [1.807, 2.05) is 18.2 Å². The van der Waals surface area contributed by atoms with Gasteiger partial charge in [-0.1, -0.05) is 19.9 Å². The Kier molecular flexibility index (Phi) is 4.56. The summed E-state index contributed by atoms with van der Waals surface area (Å²) in [6.07, 6.45) is 1.66. The number of benzene rings is 1. The lowest BCUT2D eigenvalue weighted by Crippen LogP contribution is -2.12. The van der Waals surface area contributed by atoms with Crippen molar-refractivity contribution in [1.82, 2.24) is 4.98 Å². The number of carbonyl (C=O) groups excluding carboxylic acids is 1. The molecule has 0 saturated heterocycles. The van der Waals surface area contributed by atoms with Crippen LogP contribution in [0.3, 0.4) is 0 Å². The molecule has 0 fully saturated rings. The first-order chi connectivity index (χ1) is 9.63. The predicted octanol–water partition coefficient (Wildman–Crippen LogP) is 3.45. The monoisotopic (exact) mass is 273 g/mol. The van der Waals surface area contributed by atoms with E-state index in [-0.39, 0.29) is 0 Å². The molecule has 2 aromatic rings. The van der Waals surface area contributed by atoms with Crippen LogP contribution >= 0.6 is 0 Å². The number of esters is 1. The summed E-state index contributed by atoms with van der Waals surface area (Å²) in [6.45, 7) is 6.77. The Morgan fingerprint density at radius 3 is 2.80 bits per heavy atom. The fraction of sp³-hybridized carbons (Fsp3) is 0.375. The summed E-state index contributed by atoms with van der Waals surface area (Å²) in [5.41, 5.74) is 1.03. The highest BCUT2D eigenvalue weighted by atomic mass is 16.5. The van der Waals surface area contributed by atoms with Gasteiger partial charge in [-0.15, -0.1) is 0 Å². The molecule has 4 heteroatoms. The second-order valence-electron chi connectivity index (χ2n) is 4.94. The van der Waals surface area contributed by atoms with Crippen molar-refractivity contribution in [2.24, 2.45) is 5.92 Å². The number of pyridine rings is 1. The second kappa shape index (κ2) is 6.37. The molecular weight excluding hydrogens is 254 g/mol. The molecule has 0 aliphatic carbocycles. The summed E-state index contributed by atoms with van der Waals surface area (Å²) < 4.78 is 10.9. The van der Waals surface area contributed by atoms with Gasteiger partial charge in [-0.3, -0.25) is 4.98 Å². The molecule has 106 valence electrons. The summed E-state index contributed by atoms with van der Waals surface area (Å²) in [7, 11) is 0. The molecule has 20 heavy (non-hydrogen) atoms. The summed E-state index contributed by atoms with van der Waals surface area (Å²) in [5, 5.41) is 0.896. The molecule has 0 atom stereocenters. The van der Waals surface area contributed by atoms with Gasteiger partial charge in [0.1, 0.15) is 11.3 Å². The van der Waals surface area contributed by atoms with E-state index in [9.17, 15) is 4.79 Å². The van der Waals surface area contributed by atoms with Crippen LogP contribution < -0.4 is 4.74 Å². The molecule has 1 heterocycles. The molecule has 0 amide bonds. The molecule has 0 bridgehead atoms. The van der Waals surface area contributed by atoms with Gasteiger partial charge in [0.15, 0.2) is 0 Å². The highest BCUT2D eigenvalue weighted by molar-refractivity contribution is 6.05. The van der Waals surface area contributed by atoms with Crippen molar-refractivity contribution >= 4 is 16.9 Å². The summed E-state index contributed by atoms with van der Waals surface area (Å²) in [6, 6.07) is 7.46. The van der Waals surface area contributed by atoms with Crippen LogP contribution in [-0.2, 0) is 4.74 Å². The highest BCUT2D eigenvalue weighted by Crippen LogP contribution is 2.27. The Morgan fingerprint density at radius 1 is 1.30 bits per heavy atom. The van der Waals surface area contributed by atoms with Crippen LogP contribution in [0.1, 0.15) is 31.1 Å². The van der Waals surface area contributed by atoms with Crippen molar-refractivity contribution in [2.75, 3.05) is 13.2 Å². The molecule has 0 unspecified atom stereocenters. The van der Waals surface area contributed by atoms with E-state index in [4.69, 9.17) is 9.47 Å². The Bertz CT molecular complexity index is 608. The van der Waals surface area contributed by atoms with E-state index in [0.29, 0.717) is 36.0 Å². The van der Waals surface area contributed by atoms with Crippen molar-refractivity contribution in [3.8, 4) is 5.75 Å². The van der Waals surface area contributed by atoms with Crippen molar-refractivity contribution < 1.29 is 14.3 Å².